The largest absolute Gasteiger partial charge is 0.305 e. The number of rotatable bonds is 2. The number of nitrogens with one attached hydrogen (secondary N) is 1. The van der Waals surface area contributed by atoms with Gasteiger partial charge >= 0.3 is 0 Å². The molecule has 0 saturated heterocycles. The zero-order chi connectivity index (χ0) is 9.26. The molecule has 13 heavy (non-hydrogen) atoms. The summed E-state index contributed by atoms with van der Waals surface area (Å²) in [6.07, 6.45) is 3.76. The second-order valence-corrected chi connectivity index (χ2v) is 3.36. The Bertz CT molecular complexity index is 405. The first-order valence-corrected chi connectivity index (χ1v) is 4.25. The van der Waals surface area contributed by atoms with Gasteiger partial charge in [0.1, 0.15) is 11.7 Å². The predicted octanol–water partition coefficient (Wildman–Crippen LogP) is 0.210. The zero-order valence-electron chi connectivity index (χ0n) is 7.86. The van der Waals surface area contributed by atoms with E-state index >= 15 is 0 Å². The third-order valence-electron chi connectivity index (χ3n) is 1.93. The van der Waals surface area contributed by atoms with Crippen molar-refractivity contribution < 1.29 is 5.10 Å². The highest BCUT2D eigenvalue weighted by atomic mass is 15.4. The minimum Gasteiger partial charge on any atom is -0.305 e. The molecule has 0 amide bonds. The first-order valence-electron chi connectivity index (χ1n) is 4.25. The van der Waals surface area contributed by atoms with Crippen LogP contribution >= 0.6 is 0 Å². The Labute approximate surface area is 76.8 Å². The second-order valence-electron chi connectivity index (χ2n) is 3.36. The van der Waals surface area contributed by atoms with Gasteiger partial charge in [0.25, 0.3) is 0 Å². The van der Waals surface area contributed by atoms with Gasteiger partial charge < -0.3 is 4.90 Å². The summed E-state index contributed by atoms with van der Waals surface area (Å²) >= 11 is 0. The van der Waals surface area contributed by atoms with E-state index < -0.39 is 0 Å². The molecule has 1 N–H and O–H groups in total. The Morgan fingerprint density at radius 3 is 3.15 bits per heavy atom. The second kappa shape index (κ2) is 3.14. The number of aromatic nitrogens is 3. The lowest BCUT2D eigenvalue weighted by molar-refractivity contribution is -0.473. The quantitative estimate of drug-likeness (QED) is 0.657. The molecule has 0 unspecified atom stereocenters. The van der Waals surface area contributed by atoms with Crippen molar-refractivity contribution in [2.24, 2.45) is 0 Å². The fourth-order valence-corrected chi connectivity index (χ4v) is 1.40. The van der Waals surface area contributed by atoms with Gasteiger partial charge in [-0.2, -0.15) is 5.10 Å². The van der Waals surface area contributed by atoms with Gasteiger partial charge in [0.05, 0.1) is 0 Å². The van der Waals surface area contributed by atoms with Gasteiger partial charge in [-0.25, -0.2) is 0 Å². The highest BCUT2D eigenvalue weighted by molar-refractivity contribution is 5.50. The molecule has 4 nitrogen and oxygen atoms in total. The molecular formula is C9H13N4+. The summed E-state index contributed by atoms with van der Waals surface area (Å²) in [6, 6.07) is 4.00. The van der Waals surface area contributed by atoms with Crippen LogP contribution in [-0.4, -0.2) is 28.7 Å². The fourth-order valence-electron chi connectivity index (χ4n) is 1.40. The lowest BCUT2D eigenvalue weighted by Gasteiger charge is -2.05. The molecule has 0 saturated carbocycles. The van der Waals surface area contributed by atoms with Crippen LogP contribution in [0.5, 0.6) is 0 Å². The maximum Gasteiger partial charge on any atom is 0.165 e. The van der Waals surface area contributed by atoms with Gasteiger partial charge in [-0.05, 0) is 30.9 Å². The monoisotopic (exact) mass is 177 g/mol. The van der Waals surface area contributed by atoms with Crippen molar-refractivity contribution in [2.45, 2.75) is 6.54 Å². The smallest absolute Gasteiger partial charge is 0.165 e. The third kappa shape index (κ3) is 1.53. The van der Waals surface area contributed by atoms with Gasteiger partial charge in [-0.1, -0.05) is 0 Å². The molecule has 0 fully saturated rings. The number of fused-ring (bicyclic) bond motifs is 1. The molecule has 0 atom stereocenters. The van der Waals surface area contributed by atoms with Crippen LogP contribution in [-0.2, 0) is 6.54 Å². The van der Waals surface area contributed by atoms with E-state index in [1.54, 1.807) is 10.8 Å². The number of H-pyrrole nitrogens is 1. The van der Waals surface area contributed by atoms with Crippen molar-refractivity contribution in [3.63, 3.8) is 0 Å². The lowest BCUT2D eigenvalue weighted by Crippen LogP contribution is -2.10. The van der Waals surface area contributed by atoms with Crippen molar-refractivity contribution in [3.8, 4) is 0 Å². The highest BCUT2D eigenvalue weighted by Crippen LogP contribution is 2.07. The molecule has 2 rings (SSSR count). The molecule has 0 aromatic carbocycles. The van der Waals surface area contributed by atoms with Crippen LogP contribution in [0, 0.1) is 0 Å². The van der Waals surface area contributed by atoms with Crippen LogP contribution in [0.2, 0.25) is 0 Å². The van der Waals surface area contributed by atoms with Crippen molar-refractivity contribution in [1.82, 2.24) is 14.6 Å². The molecule has 0 aliphatic heterocycles. The molecule has 0 spiro atoms. The Morgan fingerprint density at radius 1 is 1.54 bits per heavy atom. The molecule has 2 aromatic rings. The molecule has 2 aromatic heterocycles. The number of hydrogen-bond donors (Lipinski definition) is 0. The van der Waals surface area contributed by atoms with Crippen LogP contribution < -0.4 is 5.10 Å². The van der Waals surface area contributed by atoms with E-state index in [1.165, 1.54) is 5.56 Å². The number of nitrogens with zero attached hydrogens (tertiary/aromatic N) is 3. The highest BCUT2D eigenvalue weighted by Gasteiger charge is 2.07. The van der Waals surface area contributed by atoms with Crippen LogP contribution in [0.4, 0.5) is 0 Å². The number of aromatic amines is 1. The van der Waals surface area contributed by atoms with Crippen LogP contribution in [0.3, 0.4) is 0 Å². The molecule has 68 valence electrons. The lowest BCUT2D eigenvalue weighted by atomic mass is 10.2. The van der Waals surface area contributed by atoms with E-state index in [0.29, 0.717) is 0 Å². The Kier molecular flexibility index (Phi) is 1.98. The zero-order valence-corrected chi connectivity index (χ0v) is 7.86. The Hall–Kier alpha value is -1.42. The van der Waals surface area contributed by atoms with Gasteiger partial charge in [0.15, 0.2) is 6.20 Å². The first kappa shape index (κ1) is 8.19. The Balaban J connectivity index is 2.46. The summed E-state index contributed by atoms with van der Waals surface area (Å²) < 4.78 is 1.78. The SMILES string of the molecule is CN(C)Cc1c[nH+]n2ncccc12. The van der Waals surface area contributed by atoms with E-state index in [-0.39, 0.29) is 0 Å². The molecular weight excluding hydrogens is 164 g/mol. The first-order chi connectivity index (χ1) is 6.27. The summed E-state index contributed by atoms with van der Waals surface area (Å²) in [7, 11) is 4.11. The topological polar surface area (TPSA) is 34.7 Å². The van der Waals surface area contributed by atoms with Gasteiger partial charge in [0.2, 0.25) is 0 Å². The molecule has 2 heterocycles. The average Bonchev–Trinajstić information content (AvgIpc) is 2.48. The van der Waals surface area contributed by atoms with Crippen molar-refractivity contribution in [1.29, 1.82) is 0 Å². The molecule has 0 radical (unpaired) electrons. The average molecular weight is 177 g/mol. The van der Waals surface area contributed by atoms with Crippen molar-refractivity contribution in [3.05, 3.63) is 30.1 Å². The Morgan fingerprint density at radius 2 is 2.38 bits per heavy atom. The molecule has 0 bridgehead atoms. The summed E-state index contributed by atoms with van der Waals surface area (Å²) in [5.41, 5.74) is 2.40. The van der Waals surface area contributed by atoms with E-state index in [9.17, 15) is 0 Å². The van der Waals surface area contributed by atoms with E-state index in [1.807, 2.05) is 12.3 Å². The minimum atomic E-state index is 0.929. The normalized spacial score (nSPS) is 11.3. The molecule has 4 heteroatoms. The van der Waals surface area contributed by atoms with E-state index in [4.69, 9.17) is 0 Å². The summed E-state index contributed by atoms with van der Waals surface area (Å²) in [5.74, 6) is 0. The van der Waals surface area contributed by atoms with Gasteiger partial charge in [0, 0.05) is 17.2 Å². The summed E-state index contributed by atoms with van der Waals surface area (Å²) in [5, 5.41) is 7.22. The summed E-state index contributed by atoms with van der Waals surface area (Å²) in [4.78, 5) is 2.14. The van der Waals surface area contributed by atoms with E-state index in [0.717, 1.165) is 12.1 Å². The predicted molar refractivity (Wildman–Crippen MR) is 49.1 cm³/mol. The van der Waals surface area contributed by atoms with Crippen LogP contribution in [0.1, 0.15) is 5.56 Å². The van der Waals surface area contributed by atoms with Crippen LogP contribution in [0.15, 0.2) is 24.5 Å². The standard InChI is InChI=1S/C9H12N4/c1-12(2)7-8-6-11-13-9(8)4-3-5-10-13/h3-6H,7H2,1-2H3/p+1. The maximum absolute atomic E-state index is 4.15. The van der Waals surface area contributed by atoms with Crippen LogP contribution in [0.25, 0.3) is 5.52 Å². The third-order valence-corrected chi connectivity index (χ3v) is 1.93. The molecule has 0 aliphatic carbocycles. The van der Waals surface area contributed by atoms with Gasteiger partial charge in [-0.15, -0.1) is 0 Å². The number of hydrogen-bond acceptors (Lipinski definition) is 2. The summed E-state index contributed by atoms with van der Waals surface area (Å²) in [6.45, 7) is 0.929. The maximum atomic E-state index is 4.15. The van der Waals surface area contributed by atoms with E-state index in [2.05, 4.69) is 35.3 Å². The minimum absolute atomic E-state index is 0.929. The van der Waals surface area contributed by atoms with Crippen molar-refractivity contribution in [2.75, 3.05) is 14.1 Å². The van der Waals surface area contributed by atoms with Crippen molar-refractivity contribution >= 4 is 5.52 Å². The fraction of sp³-hybridized carbons (Fsp3) is 0.333. The molecule has 0 aliphatic rings. The van der Waals surface area contributed by atoms with Gasteiger partial charge in [-0.3, -0.25) is 0 Å².